The zero-order valence-corrected chi connectivity index (χ0v) is 12.4. The van der Waals surface area contributed by atoms with Crippen LogP contribution in [0.1, 0.15) is 28.9 Å². The van der Waals surface area contributed by atoms with Gasteiger partial charge in [-0.1, -0.05) is 18.2 Å². The van der Waals surface area contributed by atoms with Crippen molar-refractivity contribution in [2.75, 3.05) is 0 Å². The molecule has 0 amide bonds. The van der Waals surface area contributed by atoms with E-state index in [-0.39, 0.29) is 6.10 Å². The standard InChI is InChI=1S/C16H16N4O2/c1-12(22-16(21)14-9-17-19(2)10-14)13-8-18-20(11-13)15-6-4-3-5-7-15/h3-12H,1-2H3/t12-/m1/s1. The molecule has 3 aromatic rings. The van der Waals surface area contributed by atoms with Gasteiger partial charge in [0.05, 0.1) is 23.6 Å². The fourth-order valence-electron chi connectivity index (χ4n) is 2.09. The molecular weight excluding hydrogens is 280 g/mol. The van der Waals surface area contributed by atoms with Gasteiger partial charge >= 0.3 is 5.97 Å². The van der Waals surface area contributed by atoms with Gasteiger partial charge in [-0.05, 0) is 19.1 Å². The number of benzene rings is 1. The summed E-state index contributed by atoms with van der Waals surface area (Å²) in [6, 6.07) is 9.77. The van der Waals surface area contributed by atoms with E-state index in [9.17, 15) is 4.79 Å². The summed E-state index contributed by atoms with van der Waals surface area (Å²) in [6.45, 7) is 1.82. The first-order chi connectivity index (χ1) is 10.6. The number of rotatable bonds is 4. The molecule has 0 N–H and O–H groups in total. The van der Waals surface area contributed by atoms with Crippen LogP contribution in [0.25, 0.3) is 5.69 Å². The maximum Gasteiger partial charge on any atom is 0.341 e. The van der Waals surface area contributed by atoms with Crippen LogP contribution in [0.4, 0.5) is 0 Å². The van der Waals surface area contributed by atoms with Gasteiger partial charge in [0.2, 0.25) is 0 Å². The Kier molecular flexibility index (Phi) is 3.74. The highest BCUT2D eigenvalue weighted by atomic mass is 16.5. The molecule has 0 fully saturated rings. The third-order valence-electron chi connectivity index (χ3n) is 3.32. The van der Waals surface area contributed by atoms with Crippen LogP contribution in [0.3, 0.4) is 0 Å². The van der Waals surface area contributed by atoms with Gasteiger partial charge in [-0.2, -0.15) is 10.2 Å². The number of nitrogens with zero attached hydrogens (tertiary/aromatic N) is 4. The second kappa shape index (κ2) is 5.85. The normalized spacial score (nSPS) is 12.1. The third-order valence-corrected chi connectivity index (χ3v) is 3.32. The maximum atomic E-state index is 12.0. The van der Waals surface area contributed by atoms with E-state index in [1.807, 2.05) is 43.5 Å². The number of carbonyl (C=O) groups excluding carboxylic acids is 1. The van der Waals surface area contributed by atoms with Crippen LogP contribution in [-0.2, 0) is 11.8 Å². The minimum Gasteiger partial charge on any atom is -0.454 e. The monoisotopic (exact) mass is 296 g/mol. The Morgan fingerprint density at radius 3 is 2.59 bits per heavy atom. The molecule has 2 aromatic heterocycles. The molecule has 0 spiro atoms. The molecule has 0 aliphatic rings. The van der Waals surface area contributed by atoms with Gasteiger partial charge in [0.15, 0.2) is 0 Å². The molecule has 22 heavy (non-hydrogen) atoms. The van der Waals surface area contributed by atoms with Crippen molar-refractivity contribution in [3.8, 4) is 5.69 Å². The van der Waals surface area contributed by atoms with Crippen molar-refractivity contribution < 1.29 is 9.53 Å². The number of esters is 1. The van der Waals surface area contributed by atoms with Crippen LogP contribution >= 0.6 is 0 Å². The topological polar surface area (TPSA) is 61.9 Å². The molecule has 1 aromatic carbocycles. The lowest BCUT2D eigenvalue weighted by molar-refractivity contribution is 0.0338. The Hall–Kier alpha value is -2.89. The second-order valence-corrected chi connectivity index (χ2v) is 5.00. The number of aryl methyl sites for hydroxylation is 1. The molecule has 6 nitrogen and oxygen atoms in total. The van der Waals surface area contributed by atoms with Crippen molar-refractivity contribution in [3.63, 3.8) is 0 Å². The van der Waals surface area contributed by atoms with Crippen molar-refractivity contribution in [2.45, 2.75) is 13.0 Å². The number of para-hydroxylation sites is 1. The van der Waals surface area contributed by atoms with Gasteiger partial charge in [-0.25, -0.2) is 9.48 Å². The van der Waals surface area contributed by atoms with E-state index in [1.165, 1.54) is 6.20 Å². The first-order valence-electron chi connectivity index (χ1n) is 6.93. The number of aromatic nitrogens is 4. The van der Waals surface area contributed by atoms with Crippen LogP contribution in [0, 0.1) is 0 Å². The summed E-state index contributed by atoms with van der Waals surface area (Å²) in [5.41, 5.74) is 2.23. The van der Waals surface area contributed by atoms with E-state index < -0.39 is 5.97 Å². The fourth-order valence-corrected chi connectivity index (χ4v) is 2.09. The average molecular weight is 296 g/mol. The van der Waals surface area contributed by atoms with Crippen molar-refractivity contribution in [1.82, 2.24) is 19.6 Å². The lowest BCUT2D eigenvalue weighted by atomic mass is 10.2. The Labute approximate surface area is 127 Å². The van der Waals surface area contributed by atoms with Crippen LogP contribution in [0.5, 0.6) is 0 Å². The first kappa shape index (κ1) is 14.1. The Bertz CT molecular complexity index is 776. The summed E-state index contributed by atoms with van der Waals surface area (Å²) >= 11 is 0. The Balaban J connectivity index is 1.72. The summed E-state index contributed by atoms with van der Waals surface area (Å²) in [4.78, 5) is 12.0. The van der Waals surface area contributed by atoms with Gasteiger partial charge in [-0.15, -0.1) is 0 Å². The van der Waals surface area contributed by atoms with E-state index in [4.69, 9.17) is 4.74 Å². The summed E-state index contributed by atoms with van der Waals surface area (Å²) in [5.74, 6) is -0.395. The molecule has 112 valence electrons. The zero-order valence-electron chi connectivity index (χ0n) is 12.4. The average Bonchev–Trinajstić information content (AvgIpc) is 3.17. The van der Waals surface area contributed by atoms with Crippen molar-refractivity contribution in [3.05, 3.63) is 66.2 Å². The molecular formula is C16H16N4O2. The van der Waals surface area contributed by atoms with E-state index in [0.29, 0.717) is 5.56 Å². The molecule has 0 saturated carbocycles. The maximum absolute atomic E-state index is 12.0. The minimum atomic E-state index is -0.395. The lowest BCUT2D eigenvalue weighted by Crippen LogP contribution is -2.08. The SMILES string of the molecule is C[C@@H](OC(=O)c1cnn(C)c1)c1cnn(-c2ccccc2)c1. The number of hydrogen-bond donors (Lipinski definition) is 0. The van der Waals surface area contributed by atoms with Gasteiger partial charge in [0.25, 0.3) is 0 Å². The number of carbonyl (C=O) groups is 1. The highest BCUT2D eigenvalue weighted by Crippen LogP contribution is 2.19. The fraction of sp³-hybridized carbons (Fsp3) is 0.188. The Morgan fingerprint density at radius 1 is 1.14 bits per heavy atom. The zero-order chi connectivity index (χ0) is 15.5. The predicted octanol–water partition coefficient (Wildman–Crippen LogP) is 2.52. The largest absolute Gasteiger partial charge is 0.454 e. The molecule has 0 saturated heterocycles. The molecule has 0 aliphatic heterocycles. The molecule has 1 atom stereocenters. The smallest absolute Gasteiger partial charge is 0.341 e. The van der Waals surface area contributed by atoms with Gasteiger partial charge in [0, 0.05) is 25.0 Å². The van der Waals surface area contributed by atoms with E-state index in [2.05, 4.69) is 10.2 Å². The van der Waals surface area contributed by atoms with Crippen LogP contribution in [0.2, 0.25) is 0 Å². The van der Waals surface area contributed by atoms with Crippen LogP contribution in [-0.4, -0.2) is 25.5 Å². The van der Waals surface area contributed by atoms with E-state index in [0.717, 1.165) is 11.3 Å². The summed E-state index contributed by atoms with van der Waals surface area (Å²) < 4.78 is 8.76. The van der Waals surface area contributed by atoms with Crippen LogP contribution < -0.4 is 0 Å². The molecule has 2 heterocycles. The highest BCUT2D eigenvalue weighted by Gasteiger charge is 2.16. The number of hydrogen-bond acceptors (Lipinski definition) is 4. The lowest BCUT2D eigenvalue weighted by Gasteiger charge is -2.10. The molecule has 0 bridgehead atoms. The van der Waals surface area contributed by atoms with E-state index in [1.54, 1.807) is 28.8 Å². The molecule has 0 unspecified atom stereocenters. The number of ether oxygens (including phenoxy) is 1. The van der Waals surface area contributed by atoms with Gasteiger partial charge < -0.3 is 4.74 Å². The summed E-state index contributed by atoms with van der Waals surface area (Å²) in [6.07, 6.45) is 6.29. The second-order valence-electron chi connectivity index (χ2n) is 5.00. The first-order valence-corrected chi connectivity index (χ1v) is 6.93. The van der Waals surface area contributed by atoms with Crippen LogP contribution in [0.15, 0.2) is 55.1 Å². The summed E-state index contributed by atoms with van der Waals surface area (Å²) in [5, 5.41) is 8.26. The highest BCUT2D eigenvalue weighted by molar-refractivity contribution is 5.88. The van der Waals surface area contributed by atoms with Crippen molar-refractivity contribution >= 4 is 5.97 Å². The molecule has 6 heteroatoms. The van der Waals surface area contributed by atoms with Gasteiger partial charge in [0.1, 0.15) is 6.10 Å². The Morgan fingerprint density at radius 2 is 1.91 bits per heavy atom. The van der Waals surface area contributed by atoms with Crippen molar-refractivity contribution in [1.29, 1.82) is 0 Å². The third kappa shape index (κ3) is 2.90. The quantitative estimate of drug-likeness (QED) is 0.694. The minimum absolute atomic E-state index is 0.384. The van der Waals surface area contributed by atoms with Crippen molar-refractivity contribution in [2.24, 2.45) is 7.05 Å². The van der Waals surface area contributed by atoms with Gasteiger partial charge in [-0.3, -0.25) is 4.68 Å². The molecule has 0 radical (unpaired) electrons. The van der Waals surface area contributed by atoms with E-state index >= 15 is 0 Å². The molecule has 3 rings (SSSR count). The predicted molar refractivity (Wildman–Crippen MR) is 80.6 cm³/mol. The summed E-state index contributed by atoms with van der Waals surface area (Å²) in [7, 11) is 1.75. The molecule has 0 aliphatic carbocycles.